The topological polar surface area (TPSA) is 86.0 Å². The highest BCUT2D eigenvalue weighted by atomic mass is 32.1. The first-order chi connectivity index (χ1) is 13.2. The summed E-state index contributed by atoms with van der Waals surface area (Å²) in [4.78, 5) is 4.08. The zero-order chi connectivity index (χ0) is 18.6. The quantitative estimate of drug-likeness (QED) is 0.530. The van der Waals surface area contributed by atoms with E-state index in [0.717, 1.165) is 38.3 Å². The fourth-order valence-electron chi connectivity index (χ4n) is 2.81. The van der Waals surface area contributed by atoms with Crippen molar-refractivity contribution in [1.29, 1.82) is 0 Å². The van der Waals surface area contributed by atoms with E-state index in [1.54, 1.807) is 13.3 Å². The summed E-state index contributed by atoms with van der Waals surface area (Å²) in [6.45, 7) is 0. The van der Waals surface area contributed by atoms with Crippen LogP contribution in [0.3, 0.4) is 0 Å². The van der Waals surface area contributed by atoms with Gasteiger partial charge in [-0.1, -0.05) is 41.7 Å². The maximum Gasteiger partial charge on any atom is 0.210 e. The van der Waals surface area contributed by atoms with E-state index in [2.05, 4.69) is 20.5 Å². The largest absolute Gasteiger partial charge is 0.496 e. The third kappa shape index (κ3) is 3.58. The highest BCUT2D eigenvalue weighted by Gasteiger charge is 2.17. The van der Waals surface area contributed by atoms with Crippen molar-refractivity contribution >= 4 is 28.0 Å². The van der Waals surface area contributed by atoms with Crippen LogP contribution in [0.5, 0.6) is 5.75 Å². The molecule has 0 atom stereocenters. The number of nitrogen functional groups attached to an aromatic ring is 1. The van der Waals surface area contributed by atoms with Crippen molar-refractivity contribution in [2.75, 3.05) is 18.2 Å². The van der Waals surface area contributed by atoms with E-state index < -0.39 is 0 Å². The fraction of sp³-hybridized carbons (Fsp3) is 0.0500. The third-order valence-corrected chi connectivity index (χ3v) is 4.87. The fourth-order valence-corrected chi connectivity index (χ4v) is 3.60. The van der Waals surface area contributed by atoms with Gasteiger partial charge in [-0.15, -0.1) is 10.2 Å². The zero-order valence-electron chi connectivity index (χ0n) is 14.6. The molecule has 2 heterocycles. The molecule has 0 bridgehead atoms. The normalized spacial score (nSPS) is 10.6. The molecule has 0 aliphatic heterocycles. The number of hydrogen-bond donors (Lipinski definition) is 2. The molecule has 0 fully saturated rings. The Balaban J connectivity index is 1.76. The molecule has 0 aliphatic carbocycles. The molecular weight excluding hydrogens is 358 g/mol. The lowest BCUT2D eigenvalue weighted by Gasteiger charge is -2.12. The second-order valence-corrected chi connectivity index (χ2v) is 6.73. The van der Waals surface area contributed by atoms with Gasteiger partial charge in [0.05, 0.1) is 7.11 Å². The van der Waals surface area contributed by atoms with Crippen LogP contribution in [0.2, 0.25) is 0 Å². The maximum absolute atomic E-state index is 5.88. The molecule has 0 saturated heterocycles. The first kappa shape index (κ1) is 17.0. The summed E-state index contributed by atoms with van der Waals surface area (Å²) in [6.07, 6.45) is 1.68. The molecule has 4 rings (SSSR count). The van der Waals surface area contributed by atoms with Crippen molar-refractivity contribution in [3.05, 3.63) is 66.9 Å². The van der Waals surface area contributed by atoms with Crippen molar-refractivity contribution < 1.29 is 4.74 Å². The van der Waals surface area contributed by atoms with Crippen LogP contribution in [0.15, 0.2) is 66.9 Å². The Bertz CT molecular complexity index is 1060. The SMILES string of the molecule is COc1cccc(-c2nnc(Nc3ccccc3)s2)c1-c1ccnc(N)c1. The number of nitrogens with zero attached hydrogens (tertiary/aromatic N) is 3. The Morgan fingerprint density at radius 3 is 2.63 bits per heavy atom. The Hall–Kier alpha value is -3.45. The van der Waals surface area contributed by atoms with E-state index in [0.29, 0.717) is 5.82 Å². The minimum absolute atomic E-state index is 0.452. The number of methoxy groups -OCH3 is 1. The van der Waals surface area contributed by atoms with Gasteiger partial charge >= 0.3 is 0 Å². The average Bonchev–Trinajstić information content (AvgIpc) is 3.16. The molecular formula is C20H17N5OS. The van der Waals surface area contributed by atoms with Crippen molar-refractivity contribution in [2.24, 2.45) is 0 Å². The van der Waals surface area contributed by atoms with Gasteiger partial charge in [0.1, 0.15) is 16.6 Å². The second-order valence-electron chi connectivity index (χ2n) is 5.76. The van der Waals surface area contributed by atoms with Gasteiger partial charge in [0.2, 0.25) is 5.13 Å². The molecule has 0 spiro atoms. The molecule has 0 unspecified atom stereocenters. The maximum atomic E-state index is 5.88. The lowest BCUT2D eigenvalue weighted by atomic mass is 9.99. The predicted octanol–water partition coefficient (Wildman–Crippen LogP) is 4.60. The van der Waals surface area contributed by atoms with Crippen LogP contribution in [0.1, 0.15) is 0 Å². The number of anilines is 3. The minimum Gasteiger partial charge on any atom is -0.496 e. The molecule has 27 heavy (non-hydrogen) atoms. The van der Waals surface area contributed by atoms with E-state index in [9.17, 15) is 0 Å². The summed E-state index contributed by atoms with van der Waals surface area (Å²) in [6, 6.07) is 19.5. The monoisotopic (exact) mass is 375 g/mol. The molecule has 4 aromatic rings. The number of ether oxygens (including phenoxy) is 1. The first-order valence-corrected chi connectivity index (χ1v) is 9.11. The van der Waals surface area contributed by atoms with Gasteiger partial charge in [0, 0.05) is 23.0 Å². The smallest absolute Gasteiger partial charge is 0.210 e. The summed E-state index contributed by atoms with van der Waals surface area (Å²) >= 11 is 1.48. The van der Waals surface area contributed by atoms with Gasteiger partial charge in [-0.2, -0.15) is 0 Å². The number of aromatic nitrogens is 3. The van der Waals surface area contributed by atoms with Crippen LogP contribution in [-0.4, -0.2) is 22.3 Å². The Morgan fingerprint density at radius 2 is 1.85 bits per heavy atom. The Labute approximate surface area is 160 Å². The van der Waals surface area contributed by atoms with Gasteiger partial charge < -0.3 is 15.8 Å². The summed E-state index contributed by atoms with van der Waals surface area (Å²) in [7, 11) is 1.65. The summed E-state index contributed by atoms with van der Waals surface area (Å²) < 4.78 is 5.58. The lowest BCUT2D eigenvalue weighted by molar-refractivity contribution is 0.416. The number of rotatable bonds is 5. The van der Waals surface area contributed by atoms with Crippen LogP contribution in [0, 0.1) is 0 Å². The van der Waals surface area contributed by atoms with E-state index >= 15 is 0 Å². The molecule has 0 aliphatic rings. The summed E-state index contributed by atoms with van der Waals surface area (Å²) in [5, 5.41) is 13.4. The zero-order valence-corrected chi connectivity index (χ0v) is 15.4. The van der Waals surface area contributed by atoms with Gasteiger partial charge in [-0.3, -0.25) is 0 Å². The van der Waals surface area contributed by atoms with Crippen LogP contribution in [0.25, 0.3) is 21.7 Å². The Morgan fingerprint density at radius 1 is 1.00 bits per heavy atom. The van der Waals surface area contributed by atoms with Crippen LogP contribution in [-0.2, 0) is 0 Å². The third-order valence-electron chi connectivity index (χ3n) is 4.00. The number of pyridine rings is 1. The van der Waals surface area contributed by atoms with E-state index in [1.807, 2.05) is 60.7 Å². The summed E-state index contributed by atoms with van der Waals surface area (Å²) in [5.41, 5.74) is 9.61. The standard InChI is InChI=1S/C20H17N5OS/c1-26-16-9-5-8-15(18(16)13-10-11-22-17(21)12-13)19-24-25-20(27-19)23-14-6-3-2-4-7-14/h2-12H,1H3,(H2,21,22)(H,23,25). The molecule has 7 heteroatoms. The lowest BCUT2D eigenvalue weighted by Crippen LogP contribution is -1.94. The van der Waals surface area contributed by atoms with Crippen LogP contribution >= 0.6 is 11.3 Å². The molecule has 134 valence electrons. The number of hydrogen-bond acceptors (Lipinski definition) is 7. The van der Waals surface area contributed by atoms with E-state index in [1.165, 1.54) is 11.3 Å². The molecule has 3 N–H and O–H groups in total. The van der Waals surface area contributed by atoms with Crippen LogP contribution in [0.4, 0.5) is 16.6 Å². The second kappa shape index (κ2) is 7.43. The van der Waals surface area contributed by atoms with Gasteiger partial charge in [0.15, 0.2) is 0 Å². The molecule has 0 amide bonds. The predicted molar refractivity (Wildman–Crippen MR) is 109 cm³/mol. The highest BCUT2D eigenvalue weighted by molar-refractivity contribution is 7.18. The van der Waals surface area contributed by atoms with E-state index in [-0.39, 0.29) is 0 Å². The van der Waals surface area contributed by atoms with Crippen molar-refractivity contribution in [1.82, 2.24) is 15.2 Å². The number of benzene rings is 2. The highest BCUT2D eigenvalue weighted by Crippen LogP contribution is 2.41. The molecule has 0 saturated carbocycles. The number of nitrogens with two attached hydrogens (primary N) is 1. The Kier molecular flexibility index (Phi) is 4.67. The summed E-state index contributed by atoms with van der Waals surface area (Å²) in [5.74, 6) is 1.19. The van der Waals surface area contributed by atoms with Crippen LogP contribution < -0.4 is 15.8 Å². The van der Waals surface area contributed by atoms with Gasteiger partial charge in [-0.05, 0) is 35.9 Å². The van der Waals surface area contributed by atoms with E-state index in [4.69, 9.17) is 10.5 Å². The van der Waals surface area contributed by atoms with Crippen molar-refractivity contribution in [3.8, 4) is 27.4 Å². The van der Waals surface area contributed by atoms with Gasteiger partial charge in [0.25, 0.3) is 0 Å². The van der Waals surface area contributed by atoms with Gasteiger partial charge in [-0.25, -0.2) is 4.98 Å². The minimum atomic E-state index is 0.452. The molecule has 0 radical (unpaired) electrons. The first-order valence-electron chi connectivity index (χ1n) is 8.29. The number of nitrogens with one attached hydrogen (secondary N) is 1. The number of para-hydroxylation sites is 1. The molecule has 2 aromatic carbocycles. The molecule has 2 aromatic heterocycles. The average molecular weight is 375 g/mol. The van der Waals surface area contributed by atoms with Crippen molar-refractivity contribution in [3.63, 3.8) is 0 Å². The molecule has 6 nitrogen and oxygen atoms in total. The van der Waals surface area contributed by atoms with Crippen molar-refractivity contribution in [2.45, 2.75) is 0 Å².